The van der Waals surface area contributed by atoms with E-state index >= 15 is 0 Å². The summed E-state index contributed by atoms with van der Waals surface area (Å²) < 4.78 is 0. The number of anilines is 2. The highest BCUT2D eigenvalue weighted by Gasteiger charge is 2.15. The van der Waals surface area contributed by atoms with Crippen LogP contribution < -0.4 is 10.2 Å². The van der Waals surface area contributed by atoms with Crippen LogP contribution in [0.4, 0.5) is 11.4 Å². The Balaban J connectivity index is 1.62. The van der Waals surface area contributed by atoms with Crippen LogP contribution in [-0.2, 0) is 0 Å². The normalized spacial score (nSPS) is 14.3. The molecule has 24 heavy (non-hydrogen) atoms. The van der Waals surface area contributed by atoms with Crippen molar-refractivity contribution < 1.29 is 4.79 Å². The van der Waals surface area contributed by atoms with Crippen LogP contribution in [-0.4, -0.2) is 29.2 Å². The summed E-state index contributed by atoms with van der Waals surface area (Å²) in [6.07, 6.45) is 2.44. The van der Waals surface area contributed by atoms with E-state index in [0.29, 0.717) is 5.56 Å². The van der Waals surface area contributed by atoms with Crippen LogP contribution in [0.1, 0.15) is 28.9 Å². The van der Waals surface area contributed by atoms with Gasteiger partial charge in [0.2, 0.25) is 0 Å². The minimum atomic E-state index is -0.0934. The quantitative estimate of drug-likeness (QED) is 0.773. The molecule has 1 saturated heterocycles. The van der Waals surface area contributed by atoms with E-state index in [0.717, 1.165) is 41.1 Å². The zero-order valence-electron chi connectivity index (χ0n) is 13.7. The third-order valence-corrected chi connectivity index (χ3v) is 4.59. The molecule has 0 atom stereocenters. The van der Waals surface area contributed by atoms with Gasteiger partial charge in [0.15, 0.2) is 0 Å². The van der Waals surface area contributed by atoms with Crippen LogP contribution in [0.15, 0.2) is 42.5 Å². The highest BCUT2D eigenvalue weighted by atomic mass is 16.1. The fourth-order valence-electron chi connectivity index (χ4n) is 3.35. The number of carbonyl (C=O) groups is 1. The van der Waals surface area contributed by atoms with Gasteiger partial charge < -0.3 is 10.2 Å². The molecule has 0 bridgehead atoms. The van der Waals surface area contributed by atoms with Crippen molar-refractivity contribution in [2.75, 3.05) is 23.3 Å². The molecule has 0 aliphatic carbocycles. The standard InChI is InChI=1S/C19H20N4O/c1-13-18-16(8-5-9-17(18)22-21-13)20-19(24)14-6-4-7-15(12-14)23-10-2-3-11-23/h4-9,12H,2-3,10-11H2,1H3,(H,20,24)(H,21,22). The molecule has 0 saturated carbocycles. The highest BCUT2D eigenvalue weighted by molar-refractivity contribution is 6.09. The molecule has 1 fully saturated rings. The zero-order chi connectivity index (χ0) is 16.5. The first-order valence-corrected chi connectivity index (χ1v) is 8.32. The maximum Gasteiger partial charge on any atom is 0.255 e. The van der Waals surface area contributed by atoms with Gasteiger partial charge in [-0.25, -0.2) is 0 Å². The second kappa shape index (κ2) is 6.00. The van der Waals surface area contributed by atoms with E-state index in [9.17, 15) is 4.79 Å². The molecule has 2 N–H and O–H groups in total. The summed E-state index contributed by atoms with van der Waals surface area (Å²) in [6, 6.07) is 13.6. The first-order chi connectivity index (χ1) is 11.7. The Labute approximate surface area is 140 Å². The average molecular weight is 320 g/mol. The third kappa shape index (κ3) is 2.62. The molecule has 122 valence electrons. The van der Waals surface area contributed by atoms with Gasteiger partial charge in [0.1, 0.15) is 0 Å². The maximum atomic E-state index is 12.7. The minimum Gasteiger partial charge on any atom is -0.372 e. The summed E-state index contributed by atoms with van der Waals surface area (Å²) >= 11 is 0. The van der Waals surface area contributed by atoms with Crippen molar-refractivity contribution in [1.82, 2.24) is 10.2 Å². The molecule has 4 rings (SSSR count). The first-order valence-electron chi connectivity index (χ1n) is 8.32. The Hall–Kier alpha value is -2.82. The number of hydrogen-bond acceptors (Lipinski definition) is 3. The second-order valence-corrected chi connectivity index (χ2v) is 6.25. The second-order valence-electron chi connectivity index (χ2n) is 6.25. The van der Waals surface area contributed by atoms with E-state index in [4.69, 9.17) is 0 Å². The van der Waals surface area contributed by atoms with Crippen LogP contribution in [0, 0.1) is 6.92 Å². The Morgan fingerprint density at radius 3 is 2.79 bits per heavy atom. The summed E-state index contributed by atoms with van der Waals surface area (Å²) in [4.78, 5) is 15.0. The summed E-state index contributed by atoms with van der Waals surface area (Å²) in [6.45, 7) is 4.09. The van der Waals surface area contributed by atoms with Crippen molar-refractivity contribution in [2.45, 2.75) is 19.8 Å². The topological polar surface area (TPSA) is 61.0 Å². The first kappa shape index (κ1) is 14.8. The molecule has 1 amide bonds. The van der Waals surface area contributed by atoms with Crippen molar-refractivity contribution in [3.8, 4) is 0 Å². The Morgan fingerprint density at radius 2 is 1.96 bits per heavy atom. The molecule has 0 radical (unpaired) electrons. The van der Waals surface area contributed by atoms with Gasteiger partial charge in [0, 0.05) is 35.4 Å². The molecular weight excluding hydrogens is 300 g/mol. The van der Waals surface area contributed by atoms with Crippen molar-refractivity contribution in [3.63, 3.8) is 0 Å². The number of hydrogen-bond donors (Lipinski definition) is 2. The number of amides is 1. The average Bonchev–Trinajstić information content (AvgIpc) is 3.26. The van der Waals surface area contributed by atoms with Crippen molar-refractivity contribution in [3.05, 3.63) is 53.7 Å². The van der Waals surface area contributed by atoms with Crippen molar-refractivity contribution in [2.24, 2.45) is 0 Å². The predicted octanol–water partition coefficient (Wildman–Crippen LogP) is 3.72. The lowest BCUT2D eigenvalue weighted by Crippen LogP contribution is -2.19. The highest BCUT2D eigenvalue weighted by Crippen LogP contribution is 2.26. The number of H-pyrrole nitrogens is 1. The van der Waals surface area contributed by atoms with E-state index in [-0.39, 0.29) is 5.91 Å². The smallest absolute Gasteiger partial charge is 0.255 e. The lowest BCUT2D eigenvalue weighted by molar-refractivity contribution is 0.102. The summed E-state index contributed by atoms with van der Waals surface area (Å²) in [7, 11) is 0. The Kier molecular flexibility index (Phi) is 3.69. The van der Waals surface area contributed by atoms with E-state index in [1.807, 2.05) is 43.3 Å². The number of fused-ring (bicyclic) bond motifs is 1. The molecule has 3 aromatic rings. The predicted molar refractivity (Wildman–Crippen MR) is 96.7 cm³/mol. The molecule has 0 spiro atoms. The number of nitrogens with zero attached hydrogens (tertiary/aromatic N) is 2. The monoisotopic (exact) mass is 320 g/mol. The molecular formula is C19H20N4O. The van der Waals surface area contributed by atoms with Crippen LogP contribution in [0.25, 0.3) is 10.9 Å². The molecule has 1 aliphatic heterocycles. The van der Waals surface area contributed by atoms with Gasteiger partial charge in [-0.1, -0.05) is 12.1 Å². The van der Waals surface area contributed by atoms with Crippen molar-refractivity contribution in [1.29, 1.82) is 0 Å². The molecule has 2 aromatic carbocycles. The van der Waals surface area contributed by atoms with Crippen LogP contribution >= 0.6 is 0 Å². The van der Waals surface area contributed by atoms with Gasteiger partial charge in [-0.05, 0) is 50.1 Å². The number of nitrogens with one attached hydrogen (secondary N) is 2. The number of aryl methyl sites for hydroxylation is 1. The summed E-state index contributed by atoms with van der Waals surface area (Å²) in [5, 5.41) is 11.2. The van der Waals surface area contributed by atoms with Gasteiger partial charge in [-0.2, -0.15) is 5.10 Å². The van der Waals surface area contributed by atoms with E-state index in [2.05, 4.69) is 26.5 Å². The van der Waals surface area contributed by atoms with Gasteiger partial charge in [-0.15, -0.1) is 0 Å². The van der Waals surface area contributed by atoms with E-state index in [1.54, 1.807) is 0 Å². The maximum absolute atomic E-state index is 12.7. The van der Waals surface area contributed by atoms with Crippen LogP contribution in [0.5, 0.6) is 0 Å². The lowest BCUT2D eigenvalue weighted by Gasteiger charge is -2.18. The zero-order valence-corrected chi connectivity index (χ0v) is 13.7. The largest absolute Gasteiger partial charge is 0.372 e. The van der Waals surface area contributed by atoms with E-state index < -0.39 is 0 Å². The number of rotatable bonds is 3. The van der Waals surface area contributed by atoms with Gasteiger partial charge >= 0.3 is 0 Å². The fourth-order valence-corrected chi connectivity index (χ4v) is 3.35. The lowest BCUT2D eigenvalue weighted by atomic mass is 10.1. The summed E-state index contributed by atoms with van der Waals surface area (Å²) in [5.74, 6) is -0.0934. The molecule has 0 unspecified atom stereocenters. The van der Waals surface area contributed by atoms with Crippen LogP contribution in [0.2, 0.25) is 0 Å². The molecule has 2 heterocycles. The van der Waals surface area contributed by atoms with Gasteiger partial charge in [0.05, 0.1) is 11.2 Å². The minimum absolute atomic E-state index is 0.0934. The number of carbonyl (C=O) groups excluding carboxylic acids is 1. The molecule has 5 heteroatoms. The molecule has 1 aromatic heterocycles. The van der Waals surface area contributed by atoms with Crippen LogP contribution in [0.3, 0.4) is 0 Å². The van der Waals surface area contributed by atoms with Gasteiger partial charge in [0.25, 0.3) is 5.91 Å². The fraction of sp³-hybridized carbons (Fsp3) is 0.263. The third-order valence-electron chi connectivity index (χ3n) is 4.59. The SMILES string of the molecule is Cc1[nH]nc2cccc(NC(=O)c3cccc(N4CCCC4)c3)c12. The Morgan fingerprint density at radius 1 is 1.17 bits per heavy atom. The number of benzene rings is 2. The number of aromatic nitrogens is 2. The number of aromatic amines is 1. The Bertz CT molecular complexity index is 893. The molecule has 5 nitrogen and oxygen atoms in total. The summed E-state index contributed by atoms with van der Waals surface area (Å²) in [5.41, 5.74) is 4.40. The van der Waals surface area contributed by atoms with Gasteiger partial charge in [-0.3, -0.25) is 9.89 Å². The van der Waals surface area contributed by atoms with E-state index in [1.165, 1.54) is 12.8 Å². The molecule has 1 aliphatic rings. The van der Waals surface area contributed by atoms with Crippen molar-refractivity contribution >= 4 is 28.2 Å².